The maximum Gasteiger partial charge on any atom is 0.150 e. The largest absolute Gasteiger partial charge is 0.394 e. The Bertz CT molecular complexity index is 382. The van der Waals surface area contributed by atoms with Crippen molar-refractivity contribution in [3.05, 3.63) is 5.69 Å². The first kappa shape index (κ1) is 12.2. The van der Waals surface area contributed by atoms with Gasteiger partial charge in [-0.15, -0.1) is 0 Å². The van der Waals surface area contributed by atoms with Gasteiger partial charge in [0.2, 0.25) is 0 Å². The van der Waals surface area contributed by atoms with Crippen molar-refractivity contribution in [2.24, 2.45) is 7.05 Å². The van der Waals surface area contributed by atoms with Crippen LogP contribution in [0.3, 0.4) is 0 Å². The van der Waals surface area contributed by atoms with Crippen molar-refractivity contribution in [3.8, 4) is 0 Å². The molecule has 1 aromatic rings. The summed E-state index contributed by atoms with van der Waals surface area (Å²) in [5, 5.41) is 4.43. The van der Waals surface area contributed by atoms with Crippen LogP contribution in [-0.4, -0.2) is 36.1 Å². The first-order valence-corrected chi connectivity index (χ1v) is 6.27. The van der Waals surface area contributed by atoms with Crippen molar-refractivity contribution in [2.45, 2.75) is 32.3 Å². The zero-order valence-corrected chi connectivity index (χ0v) is 10.9. The Kier molecular flexibility index (Phi) is 3.57. The van der Waals surface area contributed by atoms with Gasteiger partial charge in [0.15, 0.2) is 0 Å². The van der Waals surface area contributed by atoms with E-state index in [1.54, 1.807) is 0 Å². The highest BCUT2D eigenvalue weighted by molar-refractivity contribution is 5.66. The molecule has 5 nitrogen and oxygen atoms in total. The van der Waals surface area contributed by atoms with E-state index in [0.29, 0.717) is 6.10 Å². The Balaban J connectivity index is 2.12. The minimum atomic E-state index is 0.333. The highest BCUT2D eigenvalue weighted by Crippen LogP contribution is 2.26. The third kappa shape index (κ3) is 2.39. The van der Waals surface area contributed by atoms with Crippen LogP contribution in [0.4, 0.5) is 11.5 Å². The van der Waals surface area contributed by atoms with Crippen molar-refractivity contribution < 1.29 is 4.74 Å². The van der Waals surface area contributed by atoms with Crippen LogP contribution in [0, 0.1) is 0 Å². The molecule has 1 fully saturated rings. The summed E-state index contributed by atoms with van der Waals surface area (Å²) in [5.74, 6) is 0.998. The highest BCUT2D eigenvalue weighted by atomic mass is 16.5. The average molecular weight is 238 g/mol. The van der Waals surface area contributed by atoms with E-state index in [4.69, 9.17) is 10.5 Å². The number of likely N-dealkylation sites (N-methyl/N-ethyl adjacent to an activating group) is 1. The Morgan fingerprint density at radius 1 is 1.59 bits per heavy atom. The van der Waals surface area contributed by atoms with Gasteiger partial charge in [0.05, 0.1) is 17.5 Å². The molecule has 96 valence electrons. The van der Waals surface area contributed by atoms with Gasteiger partial charge in [0.1, 0.15) is 5.82 Å². The minimum Gasteiger partial charge on any atom is -0.394 e. The second kappa shape index (κ2) is 4.96. The van der Waals surface area contributed by atoms with Gasteiger partial charge in [-0.2, -0.15) is 5.10 Å². The number of nitrogen functional groups attached to an aromatic ring is 1. The summed E-state index contributed by atoms with van der Waals surface area (Å²) in [4.78, 5) is 2.15. The molecule has 0 aromatic carbocycles. The van der Waals surface area contributed by atoms with E-state index in [0.717, 1.165) is 43.2 Å². The molecule has 2 N–H and O–H groups in total. The molecule has 0 spiro atoms. The van der Waals surface area contributed by atoms with Gasteiger partial charge in [-0.1, -0.05) is 6.92 Å². The van der Waals surface area contributed by atoms with Gasteiger partial charge < -0.3 is 15.4 Å². The van der Waals surface area contributed by atoms with Crippen LogP contribution in [0.25, 0.3) is 0 Å². The number of aromatic nitrogens is 2. The second-order valence-corrected chi connectivity index (χ2v) is 4.68. The molecule has 1 aliphatic rings. The number of rotatable bonds is 4. The third-order valence-corrected chi connectivity index (χ3v) is 3.33. The van der Waals surface area contributed by atoms with Gasteiger partial charge >= 0.3 is 0 Å². The fraction of sp³-hybridized carbons (Fsp3) is 0.750. The molecular formula is C12H22N4O. The van der Waals surface area contributed by atoms with E-state index in [2.05, 4.69) is 24.0 Å². The Labute approximate surface area is 103 Å². The lowest BCUT2D eigenvalue weighted by Gasteiger charge is -2.23. The predicted octanol–water partition coefficient (Wildman–Crippen LogP) is 1.18. The summed E-state index contributed by atoms with van der Waals surface area (Å²) < 4.78 is 7.51. The van der Waals surface area contributed by atoms with Crippen molar-refractivity contribution in [2.75, 3.05) is 30.8 Å². The molecule has 0 aliphatic carbocycles. The molecule has 2 heterocycles. The van der Waals surface area contributed by atoms with Crippen molar-refractivity contribution in [3.63, 3.8) is 0 Å². The summed E-state index contributed by atoms with van der Waals surface area (Å²) in [6.45, 7) is 3.84. The van der Waals surface area contributed by atoms with Crippen LogP contribution in [0.1, 0.15) is 25.5 Å². The molecular weight excluding hydrogens is 216 g/mol. The lowest BCUT2D eigenvalue weighted by atomic mass is 10.2. The topological polar surface area (TPSA) is 56.3 Å². The third-order valence-electron chi connectivity index (χ3n) is 3.33. The van der Waals surface area contributed by atoms with Gasteiger partial charge in [0, 0.05) is 27.2 Å². The van der Waals surface area contributed by atoms with Crippen molar-refractivity contribution in [1.29, 1.82) is 0 Å². The van der Waals surface area contributed by atoms with E-state index in [1.807, 2.05) is 11.7 Å². The van der Waals surface area contributed by atoms with Crippen LogP contribution >= 0.6 is 0 Å². The number of ether oxygens (including phenoxy) is 1. The lowest BCUT2D eigenvalue weighted by Crippen LogP contribution is -2.30. The number of anilines is 2. The van der Waals surface area contributed by atoms with Crippen LogP contribution < -0.4 is 10.6 Å². The molecule has 0 saturated carbocycles. The molecule has 5 heteroatoms. The second-order valence-electron chi connectivity index (χ2n) is 4.68. The molecule has 0 amide bonds. The first-order chi connectivity index (χ1) is 8.13. The van der Waals surface area contributed by atoms with Crippen molar-refractivity contribution in [1.82, 2.24) is 9.78 Å². The smallest absolute Gasteiger partial charge is 0.150 e. The van der Waals surface area contributed by atoms with Crippen LogP contribution in [0.15, 0.2) is 0 Å². The SMILES string of the molecule is CCc1nn(C)c(N(C)CC2CCCO2)c1N. The maximum atomic E-state index is 6.12. The highest BCUT2D eigenvalue weighted by Gasteiger charge is 2.21. The quantitative estimate of drug-likeness (QED) is 0.856. The fourth-order valence-electron chi connectivity index (χ4n) is 2.48. The fourth-order valence-corrected chi connectivity index (χ4v) is 2.48. The molecule has 1 atom stereocenters. The number of nitrogens with two attached hydrogens (primary N) is 1. The number of aryl methyl sites for hydroxylation is 2. The normalized spacial score (nSPS) is 19.8. The van der Waals surface area contributed by atoms with Crippen LogP contribution in [0.5, 0.6) is 0 Å². The first-order valence-electron chi connectivity index (χ1n) is 6.27. The molecule has 1 aliphatic heterocycles. The van der Waals surface area contributed by atoms with E-state index in [-0.39, 0.29) is 0 Å². The van der Waals surface area contributed by atoms with Crippen LogP contribution in [0.2, 0.25) is 0 Å². The number of hydrogen-bond donors (Lipinski definition) is 1. The molecule has 1 unspecified atom stereocenters. The van der Waals surface area contributed by atoms with E-state index >= 15 is 0 Å². The lowest BCUT2D eigenvalue weighted by molar-refractivity contribution is 0.116. The zero-order valence-electron chi connectivity index (χ0n) is 10.9. The molecule has 17 heavy (non-hydrogen) atoms. The zero-order chi connectivity index (χ0) is 12.4. The average Bonchev–Trinajstić information content (AvgIpc) is 2.87. The maximum absolute atomic E-state index is 6.12. The minimum absolute atomic E-state index is 0.333. The van der Waals surface area contributed by atoms with E-state index in [9.17, 15) is 0 Å². The predicted molar refractivity (Wildman–Crippen MR) is 69.2 cm³/mol. The van der Waals surface area contributed by atoms with Crippen molar-refractivity contribution >= 4 is 11.5 Å². The monoisotopic (exact) mass is 238 g/mol. The molecule has 1 saturated heterocycles. The molecule has 0 radical (unpaired) electrons. The van der Waals surface area contributed by atoms with Gasteiger partial charge in [-0.05, 0) is 19.3 Å². The van der Waals surface area contributed by atoms with Gasteiger partial charge in [-0.3, -0.25) is 4.68 Å². The van der Waals surface area contributed by atoms with Crippen LogP contribution in [-0.2, 0) is 18.2 Å². The Morgan fingerprint density at radius 2 is 2.35 bits per heavy atom. The molecule has 1 aromatic heterocycles. The Morgan fingerprint density at radius 3 is 2.88 bits per heavy atom. The van der Waals surface area contributed by atoms with E-state index < -0.39 is 0 Å². The summed E-state index contributed by atoms with van der Waals surface area (Å²) in [7, 11) is 3.99. The summed E-state index contributed by atoms with van der Waals surface area (Å²) >= 11 is 0. The molecule has 2 rings (SSSR count). The molecule has 0 bridgehead atoms. The summed E-state index contributed by atoms with van der Waals surface area (Å²) in [6.07, 6.45) is 3.51. The van der Waals surface area contributed by atoms with Gasteiger partial charge in [0.25, 0.3) is 0 Å². The number of hydrogen-bond acceptors (Lipinski definition) is 4. The summed E-state index contributed by atoms with van der Waals surface area (Å²) in [6, 6.07) is 0. The van der Waals surface area contributed by atoms with E-state index in [1.165, 1.54) is 6.42 Å². The van der Waals surface area contributed by atoms with Gasteiger partial charge in [-0.25, -0.2) is 0 Å². The standard InChI is InChI=1S/C12H22N4O/c1-4-10-11(13)12(16(3)14-10)15(2)8-9-6-5-7-17-9/h9H,4-8,13H2,1-3H3. The Hall–Kier alpha value is -1.23. The number of nitrogens with zero attached hydrogens (tertiary/aromatic N) is 3. The summed E-state index contributed by atoms with van der Waals surface area (Å²) in [5.41, 5.74) is 7.90.